The summed E-state index contributed by atoms with van der Waals surface area (Å²) >= 11 is 0. The van der Waals surface area contributed by atoms with Gasteiger partial charge in [0, 0.05) is 17.8 Å². The van der Waals surface area contributed by atoms with Gasteiger partial charge in [-0.3, -0.25) is 4.79 Å². The molecule has 1 atom stereocenters. The lowest BCUT2D eigenvalue weighted by molar-refractivity contribution is 0.102. The van der Waals surface area contributed by atoms with Crippen LogP contribution < -0.4 is 11.1 Å². The average Bonchev–Trinajstić information content (AvgIpc) is 2.43. The van der Waals surface area contributed by atoms with E-state index >= 15 is 0 Å². The third kappa shape index (κ3) is 3.44. The number of nitrogens with one attached hydrogen (secondary N) is 1. The van der Waals surface area contributed by atoms with Crippen molar-refractivity contribution >= 4 is 11.6 Å². The van der Waals surface area contributed by atoms with E-state index in [0.29, 0.717) is 11.8 Å². The molecule has 3 N–H and O–H groups in total. The highest BCUT2D eigenvalue weighted by Crippen LogP contribution is 2.18. The molecule has 1 unspecified atom stereocenters. The SMILES string of the molecule is Cc1cc(C(=O)Nc2ccc(C(C)N)cc2)c(F)cc1F. The number of amides is 1. The van der Waals surface area contributed by atoms with Gasteiger partial charge in [-0.05, 0) is 43.2 Å². The van der Waals surface area contributed by atoms with E-state index in [1.165, 1.54) is 13.0 Å². The fourth-order valence-corrected chi connectivity index (χ4v) is 1.90. The lowest BCUT2D eigenvalue weighted by atomic mass is 10.1. The highest BCUT2D eigenvalue weighted by molar-refractivity contribution is 6.04. The Hall–Kier alpha value is -2.27. The number of rotatable bonds is 3. The molecule has 0 radical (unpaired) electrons. The van der Waals surface area contributed by atoms with Crippen molar-refractivity contribution in [2.45, 2.75) is 19.9 Å². The Kier molecular flexibility index (Phi) is 4.33. The van der Waals surface area contributed by atoms with E-state index in [2.05, 4.69) is 5.32 Å². The minimum absolute atomic E-state index is 0.105. The molecule has 0 spiro atoms. The van der Waals surface area contributed by atoms with Crippen molar-refractivity contribution in [2.75, 3.05) is 5.32 Å². The van der Waals surface area contributed by atoms with E-state index < -0.39 is 17.5 Å². The summed E-state index contributed by atoms with van der Waals surface area (Å²) in [7, 11) is 0. The van der Waals surface area contributed by atoms with Crippen molar-refractivity contribution in [1.82, 2.24) is 0 Å². The van der Waals surface area contributed by atoms with Crippen LogP contribution in [-0.4, -0.2) is 5.91 Å². The number of anilines is 1. The topological polar surface area (TPSA) is 55.1 Å². The maximum absolute atomic E-state index is 13.6. The van der Waals surface area contributed by atoms with Gasteiger partial charge in [-0.25, -0.2) is 8.78 Å². The lowest BCUT2D eigenvalue weighted by Gasteiger charge is -2.09. The van der Waals surface area contributed by atoms with Crippen LogP contribution in [0.2, 0.25) is 0 Å². The molecule has 110 valence electrons. The summed E-state index contributed by atoms with van der Waals surface area (Å²) in [5.74, 6) is -2.18. The fraction of sp³-hybridized carbons (Fsp3) is 0.188. The Balaban J connectivity index is 2.20. The molecule has 5 heteroatoms. The Bertz CT molecular complexity index is 667. The quantitative estimate of drug-likeness (QED) is 0.908. The Morgan fingerprint density at radius 3 is 2.33 bits per heavy atom. The van der Waals surface area contributed by atoms with Crippen LogP contribution in [0, 0.1) is 18.6 Å². The van der Waals surface area contributed by atoms with Gasteiger partial charge in [-0.15, -0.1) is 0 Å². The number of aryl methyl sites for hydroxylation is 1. The predicted octanol–water partition coefficient (Wildman–Crippen LogP) is 3.55. The van der Waals surface area contributed by atoms with Crippen molar-refractivity contribution < 1.29 is 13.6 Å². The number of nitrogens with two attached hydrogens (primary N) is 1. The number of benzene rings is 2. The van der Waals surface area contributed by atoms with Gasteiger partial charge < -0.3 is 11.1 Å². The summed E-state index contributed by atoms with van der Waals surface area (Å²) in [6.45, 7) is 3.33. The normalized spacial score (nSPS) is 12.0. The van der Waals surface area contributed by atoms with Crippen molar-refractivity contribution in [1.29, 1.82) is 0 Å². The van der Waals surface area contributed by atoms with Crippen LogP contribution in [0.25, 0.3) is 0 Å². The molecule has 0 saturated carbocycles. The van der Waals surface area contributed by atoms with Crippen LogP contribution in [0.4, 0.5) is 14.5 Å². The first-order chi connectivity index (χ1) is 9.88. The van der Waals surface area contributed by atoms with E-state index in [1.54, 1.807) is 24.3 Å². The third-order valence-electron chi connectivity index (χ3n) is 3.19. The summed E-state index contributed by atoms with van der Waals surface area (Å²) in [5.41, 5.74) is 7.21. The average molecular weight is 290 g/mol. The standard InChI is InChI=1S/C16H16F2N2O/c1-9-7-13(15(18)8-14(9)17)16(21)20-12-5-3-11(4-6-12)10(2)19/h3-8,10H,19H2,1-2H3,(H,20,21). The summed E-state index contributed by atoms with van der Waals surface area (Å²) in [6.07, 6.45) is 0. The van der Waals surface area contributed by atoms with Gasteiger partial charge in [-0.2, -0.15) is 0 Å². The first-order valence-corrected chi connectivity index (χ1v) is 6.51. The molecule has 0 aliphatic rings. The number of carbonyl (C=O) groups is 1. The van der Waals surface area contributed by atoms with Crippen molar-refractivity contribution in [3.63, 3.8) is 0 Å². The molecule has 2 rings (SSSR count). The molecule has 2 aromatic carbocycles. The monoisotopic (exact) mass is 290 g/mol. The van der Waals surface area contributed by atoms with Gasteiger partial charge in [-0.1, -0.05) is 12.1 Å². The maximum Gasteiger partial charge on any atom is 0.258 e. The molecular formula is C16H16F2N2O. The van der Waals surface area contributed by atoms with Crippen LogP contribution in [0.3, 0.4) is 0 Å². The van der Waals surface area contributed by atoms with Gasteiger partial charge in [0.1, 0.15) is 11.6 Å². The minimum atomic E-state index is -0.886. The molecule has 0 bridgehead atoms. The molecule has 0 aromatic heterocycles. The van der Waals surface area contributed by atoms with Gasteiger partial charge in [0.05, 0.1) is 5.56 Å². The number of hydrogen-bond donors (Lipinski definition) is 2. The summed E-state index contributed by atoms with van der Waals surface area (Å²) in [5, 5.41) is 2.57. The van der Waals surface area contributed by atoms with Crippen LogP contribution in [0.5, 0.6) is 0 Å². The molecule has 0 aliphatic carbocycles. The molecule has 2 aromatic rings. The number of halogens is 2. The zero-order valence-electron chi connectivity index (χ0n) is 11.8. The highest BCUT2D eigenvalue weighted by atomic mass is 19.1. The zero-order chi connectivity index (χ0) is 15.6. The fourth-order valence-electron chi connectivity index (χ4n) is 1.90. The van der Waals surface area contributed by atoms with Gasteiger partial charge in [0.15, 0.2) is 0 Å². The predicted molar refractivity (Wildman–Crippen MR) is 78.1 cm³/mol. The van der Waals surface area contributed by atoms with E-state index in [1.807, 2.05) is 6.92 Å². The molecule has 0 saturated heterocycles. The molecule has 0 heterocycles. The van der Waals surface area contributed by atoms with E-state index in [0.717, 1.165) is 5.56 Å². The lowest BCUT2D eigenvalue weighted by Crippen LogP contribution is -2.14. The van der Waals surface area contributed by atoms with Crippen molar-refractivity contribution in [3.05, 3.63) is 64.7 Å². The smallest absolute Gasteiger partial charge is 0.258 e. The van der Waals surface area contributed by atoms with Gasteiger partial charge in [0.25, 0.3) is 5.91 Å². The molecule has 3 nitrogen and oxygen atoms in total. The molecular weight excluding hydrogens is 274 g/mol. The first-order valence-electron chi connectivity index (χ1n) is 6.51. The zero-order valence-corrected chi connectivity index (χ0v) is 11.8. The highest BCUT2D eigenvalue weighted by Gasteiger charge is 2.14. The van der Waals surface area contributed by atoms with Crippen molar-refractivity contribution in [3.8, 4) is 0 Å². The van der Waals surface area contributed by atoms with Gasteiger partial charge >= 0.3 is 0 Å². The van der Waals surface area contributed by atoms with Crippen LogP contribution in [-0.2, 0) is 0 Å². The van der Waals surface area contributed by atoms with Crippen LogP contribution in [0.15, 0.2) is 36.4 Å². The maximum atomic E-state index is 13.6. The molecule has 21 heavy (non-hydrogen) atoms. The second-order valence-corrected chi connectivity index (χ2v) is 4.95. The Morgan fingerprint density at radius 1 is 1.14 bits per heavy atom. The Morgan fingerprint density at radius 2 is 1.76 bits per heavy atom. The largest absolute Gasteiger partial charge is 0.324 e. The summed E-state index contributed by atoms with van der Waals surface area (Å²) < 4.78 is 26.8. The van der Waals surface area contributed by atoms with E-state index in [-0.39, 0.29) is 17.2 Å². The van der Waals surface area contributed by atoms with E-state index in [4.69, 9.17) is 5.73 Å². The molecule has 0 aliphatic heterocycles. The second-order valence-electron chi connectivity index (χ2n) is 4.95. The molecule has 1 amide bonds. The van der Waals surface area contributed by atoms with E-state index in [9.17, 15) is 13.6 Å². The third-order valence-corrected chi connectivity index (χ3v) is 3.19. The number of hydrogen-bond acceptors (Lipinski definition) is 2. The van der Waals surface area contributed by atoms with Crippen molar-refractivity contribution in [2.24, 2.45) is 5.73 Å². The molecule has 0 fully saturated rings. The first kappa shape index (κ1) is 15.1. The second kappa shape index (κ2) is 6.01. The summed E-state index contributed by atoms with van der Waals surface area (Å²) in [6, 6.07) is 8.74. The Labute approximate surface area is 121 Å². The van der Waals surface area contributed by atoms with Gasteiger partial charge in [0.2, 0.25) is 0 Å². The number of carbonyl (C=O) groups excluding carboxylic acids is 1. The van der Waals surface area contributed by atoms with Crippen LogP contribution in [0.1, 0.15) is 34.5 Å². The van der Waals surface area contributed by atoms with Crippen LogP contribution >= 0.6 is 0 Å². The summed E-state index contributed by atoms with van der Waals surface area (Å²) in [4.78, 5) is 12.0. The minimum Gasteiger partial charge on any atom is -0.324 e.